The Kier molecular flexibility index (Phi) is 7.97. The summed E-state index contributed by atoms with van der Waals surface area (Å²) < 4.78 is 11.6. The van der Waals surface area contributed by atoms with E-state index in [1.54, 1.807) is 0 Å². The molecule has 4 rings (SSSR count). The fraction of sp³-hybridized carbons (Fsp3) is 0.321. The second-order valence-electron chi connectivity index (χ2n) is 9.13. The van der Waals surface area contributed by atoms with Crippen LogP contribution < -0.4 is 4.74 Å². The topological polar surface area (TPSA) is 55.8 Å². The number of cyclic esters (lactones) is 1. The first-order valence-electron chi connectivity index (χ1n) is 11.4. The minimum absolute atomic E-state index is 0.00250. The van der Waals surface area contributed by atoms with E-state index in [1.165, 1.54) is 0 Å². The Balaban J connectivity index is 1.81. The van der Waals surface area contributed by atoms with E-state index in [4.69, 9.17) is 44.3 Å². The second kappa shape index (κ2) is 10.8. The number of hydrogen-bond donors (Lipinski definition) is 1. The molecule has 0 saturated carbocycles. The van der Waals surface area contributed by atoms with Gasteiger partial charge in [0.2, 0.25) is 0 Å². The van der Waals surface area contributed by atoms with Crippen LogP contribution in [0, 0.1) is 20.8 Å². The van der Waals surface area contributed by atoms with E-state index in [0.717, 1.165) is 33.4 Å². The molecule has 184 valence electrons. The Morgan fingerprint density at radius 3 is 2.09 bits per heavy atom. The van der Waals surface area contributed by atoms with Gasteiger partial charge < -0.3 is 14.6 Å². The maximum Gasteiger partial charge on any atom is 0.308 e. The molecule has 7 heteroatoms. The van der Waals surface area contributed by atoms with Crippen molar-refractivity contribution in [2.75, 3.05) is 6.61 Å². The lowest BCUT2D eigenvalue weighted by Crippen LogP contribution is -2.36. The van der Waals surface area contributed by atoms with Gasteiger partial charge in [0, 0.05) is 27.9 Å². The fourth-order valence-corrected chi connectivity index (χ4v) is 5.10. The molecule has 35 heavy (non-hydrogen) atoms. The average molecular weight is 534 g/mol. The molecule has 0 bridgehead atoms. The highest BCUT2D eigenvalue weighted by molar-refractivity contribution is 6.32. The molecular formula is C28H27Cl3O4. The highest BCUT2D eigenvalue weighted by Gasteiger charge is 2.29. The predicted octanol–water partition coefficient (Wildman–Crippen LogP) is 7.20. The highest BCUT2D eigenvalue weighted by Crippen LogP contribution is 2.43. The van der Waals surface area contributed by atoms with Crippen LogP contribution in [0.4, 0.5) is 0 Å². The van der Waals surface area contributed by atoms with Crippen molar-refractivity contribution in [1.29, 1.82) is 0 Å². The van der Waals surface area contributed by atoms with Gasteiger partial charge in [-0.1, -0.05) is 65.1 Å². The Labute approximate surface area is 220 Å². The summed E-state index contributed by atoms with van der Waals surface area (Å²) in [4.78, 5) is 11.8. The van der Waals surface area contributed by atoms with Crippen LogP contribution in [-0.2, 0) is 9.53 Å². The summed E-state index contributed by atoms with van der Waals surface area (Å²) >= 11 is 19.8. The third-order valence-electron chi connectivity index (χ3n) is 6.24. The largest absolute Gasteiger partial charge is 0.488 e. The standard InChI is InChI=1S/C28H27Cl3O4/c1-15-8-22(28(25(31)9-15)34-14-21-12-20(32)13-26(33)35-21)27(18-6-4-16(2)23(29)10-18)19-7-5-17(3)24(30)11-19/h4-11,20-21,27,32H,12-14H2,1-3H3. The predicted molar refractivity (Wildman–Crippen MR) is 140 cm³/mol. The van der Waals surface area contributed by atoms with E-state index in [1.807, 2.05) is 69.3 Å². The molecule has 1 aliphatic heterocycles. The van der Waals surface area contributed by atoms with E-state index in [9.17, 15) is 9.90 Å². The van der Waals surface area contributed by atoms with Gasteiger partial charge in [0.05, 0.1) is 17.5 Å². The normalized spacial score (nSPS) is 18.0. The van der Waals surface area contributed by atoms with Crippen molar-refractivity contribution in [2.24, 2.45) is 0 Å². The van der Waals surface area contributed by atoms with Crippen LogP contribution in [0.2, 0.25) is 15.1 Å². The quantitative estimate of drug-likeness (QED) is 0.269. The number of hydrogen-bond acceptors (Lipinski definition) is 4. The lowest BCUT2D eigenvalue weighted by molar-refractivity contribution is -0.162. The van der Waals surface area contributed by atoms with Crippen molar-refractivity contribution >= 4 is 40.8 Å². The maximum absolute atomic E-state index is 11.8. The molecule has 0 spiro atoms. The number of ether oxygens (including phenoxy) is 2. The first-order chi connectivity index (χ1) is 16.6. The van der Waals surface area contributed by atoms with Crippen molar-refractivity contribution < 1.29 is 19.4 Å². The first kappa shape index (κ1) is 25.8. The molecule has 1 aliphatic rings. The smallest absolute Gasteiger partial charge is 0.308 e. The molecule has 0 aliphatic carbocycles. The number of carbonyl (C=O) groups is 1. The van der Waals surface area contributed by atoms with Gasteiger partial charge in [0.25, 0.3) is 0 Å². The molecule has 1 fully saturated rings. The molecule has 0 amide bonds. The van der Waals surface area contributed by atoms with Gasteiger partial charge in [0.15, 0.2) is 0 Å². The SMILES string of the molecule is Cc1cc(Cl)c(OCC2CC(O)CC(=O)O2)c(C(c2ccc(C)c(Cl)c2)c2ccc(C)c(Cl)c2)c1. The number of aryl methyl sites for hydroxylation is 3. The minimum Gasteiger partial charge on any atom is -0.488 e. The van der Waals surface area contributed by atoms with E-state index in [2.05, 4.69) is 0 Å². The zero-order chi connectivity index (χ0) is 25.3. The molecule has 1 heterocycles. The molecule has 2 unspecified atom stereocenters. The Bertz CT molecular complexity index is 1210. The number of esters is 1. The monoisotopic (exact) mass is 532 g/mol. The van der Waals surface area contributed by atoms with Gasteiger partial charge >= 0.3 is 5.97 Å². The van der Waals surface area contributed by atoms with Crippen LogP contribution in [0.3, 0.4) is 0 Å². The van der Waals surface area contributed by atoms with E-state index < -0.39 is 18.2 Å². The van der Waals surface area contributed by atoms with Crippen LogP contribution in [0.5, 0.6) is 5.75 Å². The second-order valence-corrected chi connectivity index (χ2v) is 10.4. The highest BCUT2D eigenvalue weighted by atomic mass is 35.5. The zero-order valence-corrected chi connectivity index (χ0v) is 22.0. The molecule has 0 aromatic heterocycles. The number of halogens is 3. The minimum atomic E-state index is -0.741. The zero-order valence-electron chi connectivity index (χ0n) is 19.8. The Morgan fingerprint density at radius 2 is 1.54 bits per heavy atom. The van der Waals surface area contributed by atoms with E-state index >= 15 is 0 Å². The molecule has 3 aromatic carbocycles. The van der Waals surface area contributed by atoms with Gasteiger partial charge in [-0.2, -0.15) is 0 Å². The summed E-state index contributed by atoms with van der Waals surface area (Å²) in [6.07, 6.45) is -0.986. The molecule has 2 atom stereocenters. The number of benzene rings is 3. The van der Waals surface area contributed by atoms with Crippen LogP contribution in [-0.4, -0.2) is 29.9 Å². The molecule has 4 nitrogen and oxygen atoms in total. The molecule has 1 N–H and O–H groups in total. The Hall–Kier alpha value is -2.24. The number of aliphatic hydroxyl groups is 1. The van der Waals surface area contributed by atoms with E-state index in [0.29, 0.717) is 27.2 Å². The molecule has 1 saturated heterocycles. The van der Waals surface area contributed by atoms with Crippen molar-refractivity contribution in [3.63, 3.8) is 0 Å². The third kappa shape index (κ3) is 5.95. The Morgan fingerprint density at radius 1 is 0.943 bits per heavy atom. The van der Waals surface area contributed by atoms with Gasteiger partial charge in [-0.15, -0.1) is 0 Å². The average Bonchev–Trinajstić information content (AvgIpc) is 2.77. The van der Waals surface area contributed by atoms with Crippen molar-refractivity contribution in [1.82, 2.24) is 0 Å². The van der Waals surface area contributed by atoms with Crippen LogP contribution >= 0.6 is 34.8 Å². The van der Waals surface area contributed by atoms with Crippen molar-refractivity contribution in [2.45, 2.75) is 51.7 Å². The summed E-state index contributed by atoms with van der Waals surface area (Å²) in [5, 5.41) is 11.7. The maximum atomic E-state index is 11.8. The van der Waals surface area contributed by atoms with Crippen molar-refractivity contribution in [3.8, 4) is 5.75 Å². The van der Waals surface area contributed by atoms with Crippen LogP contribution in [0.25, 0.3) is 0 Å². The number of rotatable bonds is 6. The van der Waals surface area contributed by atoms with Crippen LogP contribution in [0.1, 0.15) is 52.1 Å². The number of aliphatic hydroxyl groups excluding tert-OH is 1. The third-order valence-corrected chi connectivity index (χ3v) is 7.33. The lowest BCUT2D eigenvalue weighted by Gasteiger charge is -2.28. The first-order valence-corrected chi connectivity index (χ1v) is 12.6. The lowest BCUT2D eigenvalue weighted by atomic mass is 9.83. The summed E-state index contributed by atoms with van der Waals surface area (Å²) in [6, 6.07) is 15.8. The summed E-state index contributed by atoms with van der Waals surface area (Å²) in [5.74, 6) is -0.209. The number of carbonyl (C=O) groups excluding carboxylic acids is 1. The van der Waals surface area contributed by atoms with Gasteiger partial charge in [-0.3, -0.25) is 4.79 Å². The molecule has 0 radical (unpaired) electrons. The van der Waals surface area contributed by atoms with E-state index in [-0.39, 0.29) is 18.9 Å². The van der Waals surface area contributed by atoms with Gasteiger partial charge in [0.1, 0.15) is 18.5 Å². The molecular weight excluding hydrogens is 507 g/mol. The van der Waals surface area contributed by atoms with Crippen molar-refractivity contribution in [3.05, 3.63) is 97.0 Å². The molecule has 3 aromatic rings. The summed E-state index contributed by atoms with van der Waals surface area (Å²) in [6.45, 7) is 5.97. The summed E-state index contributed by atoms with van der Waals surface area (Å²) in [5.41, 5.74) is 5.70. The fourth-order valence-electron chi connectivity index (χ4n) is 4.39. The van der Waals surface area contributed by atoms with Gasteiger partial charge in [-0.25, -0.2) is 0 Å². The van der Waals surface area contributed by atoms with Crippen LogP contribution in [0.15, 0.2) is 48.5 Å². The summed E-state index contributed by atoms with van der Waals surface area (Å²) in [7, 11) is 0. The van der Waals surface area contributed by atoms with Gasteiger partial charge in [-0.05, 0) is 66.8 Å².